The van der Waals surface area contributed by atoms with E-state index >= 15 is 0 Å². The van der Waals surface area contributed by atoms with Crippen LogP contribution in [0.1, 0.15) is 63.6 Å². The largest absolute Gasteiger partial charge is 0.310 e. The molecule has 0 saturated heterocycles. The third-order valence-electron chi connectivity index (χ3n) is 23.1. The number of rotatable bonds is 8. The van der Waals surface area contributed by atoms with Gasteiger partial charge in [0.15, 0.2) is 0 Å². The average molecular weight is 1390 g/mol. The molecule has 3 heterocycles. The predicted molar refractivity (Wildman–Crippen MR) is 464 cm³/mol. The molecule has 18 aromatic carbocycles. The molecule has 0 fully saturated rings. The summed E-state index contributed by atoms with van der Waals surface area (Å²) in [5, 5.41) is 13.5. The van der Waals surface area contributed by atoms with E-state index in [1.54, 1.807) is 4.57 Å². The number of nitrogens with zero attached hydrogens (tertiary/aromatic N) is 3. The van der Waals surface area contributed by atoms with Crippen LogP contribution in [0, 0.1) is 0 Å². The highest BCUT2D eigenvalue weighted by Crippen LogP contribution is 2.57. The van der Waals surface area contributed by atoms with Gasteiger partial charge in [-0.1, -0.05) is 339 Å². The topological polar surface area (TPSA) is 11.4 Å². The minimum absolute atomic E-state index is 0.00772. The molecule has 0 unspecified atom stereocenters. The first-order valence-corrected chi connectivity index (χ1v) is 37.4. The summed E-state index contributed by atoms with van der Waals surface area (Å²) in [6.07, 6.45) is 0. The Morgan fingerprint density at radius 3 is 1.22 bits per heavy atom. The van der Waals surface area contributed by atoms with E-state index in [4.69, 9.17) is 0 Å². The van der Waals surface area contributed by atoms with E-state index in [0.29, 0.717) is 5.69 Å². The molecule has 2 aliphatic heterocycles. The fourth-order valence-corrected chi connectivity index (χ4v) is 17.9. The number of anilines is 6. The van der Waals surface area contributed by atoms with Crippen LogP contribution in [0.2, 0.25) is 0 Å². The summed E-state index contributed by atoms with van der Waals surface area (Å²) in [5.41, 5.74) is 20.8. The number of benzene rings is 18. The summed E-state index contributed by atoms with van der Waals surface area (Å²) in [5.74, 6) is 0. The molecule has 0 amide bonds. The van der Waals surface area contributed by atoms with Crippen LogP contribution < -0.4 is 26.2 Å². The molecule has 1 aromatic heterocycles. The quantitative estimate of drug-likeness (QED) is 0.111. The molecule has 21 rings (SSSR count). The van der Waals surface area contributed by atoms with Crippen molar-refractivity contribution >= 4 is 144 Å². The van der Waals surface area contributed by atoms with Crippen molar-refractivity contribution in [2.75, 3.05) is 9.80 Å². The smallest absolute Gasteiger partial charge is 0.252 e. The molecule has 2 aliphatic rings. The van der Waals surface area contributed by atoms with Gasteiger partial charge >= 0.3 is 0 Å². The lowest BCUT2D eigenvalue weighted by Gasteiger charge is -2.46. The van der Waals surface area contributed by atoms with Gasteiger partial charge in [0.1, 0.15) is 0 Å². The monoisotopic (exact) mass is 1390 g/mol. The van der Waals surface area contributed by atoms with Crippen LogP contribution in [0.4, 0.5) is 34.1 Å². The molecule has 4 heteroatoms. The van der Waals surface area contributed by atoms with Crippen LogP contribution in [0.15, 0.2) is 352 Å². The van der Waals surface area contributed by atoms with Crippen molar-refractivity contribution in [3.8, 4) is 61.3 Å². The van der Waals surface area contributed by atoms with E-state index in [1.165, 1.54) is 16.3 Å². The number of hydrogen-bond donors (Lipinski definition) is 0. The molecular weight excluding hydrogens is 1300 g/mol. The van der Waals surface area contributed by atoms with Crippen LogP contribution >= 0.6 is 0 Å². The van der Waals surface area contributed by atoms with Gasteiger partial charge < -0.3 is 14.4 Å². The fraction of sp³-hybridized carbons (Fsp3) is 0.0769. The number of para-hydroxylation sites is 3. The molecular formula is C104H76BN3. The average Bonchev–Trinajstić information content (AvgIpc) is 0.945. The maximum absolute atomic E-state index is 9.98. The van der Waals surface area contributed by atoms with Gasteiger partial charge in [0.2, 0.25) is 0 Å². The molecule has 0 bridgehead atoms. The first kappa shape index (κ1) is 55.5. The van der Waals surface area contributed by atoms with Crippen molar-refractivity contribution in [2.45, 2.75) is 52.4 Å². The Hall–Kier alpha value is -13.0. The Bertz CT molecular complexity index is 7270. The van der Waals surface area contributed by atoms with Crippen molar-refractivity contribution in [2.24, 2.45) is 0 Å². The van der Waals surface area contributed by atoms with E-state index in [-0.39, 0.29) is 39.3 Å². The molecule has 510 valence electrons. The molecule has 3 nitrogen and oxygen atoms in total. The molecule has 0 saturated carbocycles. The Morgan fingerprint density at radius 1 is 0.269 bits per heavy atom. The van der Waals surface area contributed by atoms with Crippen molar-refractivity contribution in [3.05, 3.63) is 363 Å². The standard InChI is InChI=1S/C104H76BN3/c1-103(2,3)71-60-90(66-29-11-8-12-30-66)102(91(61-71)82-44-25-41-79-76-36-18-15-33-69(76)51-56-85(79)82)107-96-58-52-70(65-27-9-7-10-28-65)59-93(96)105-92-57-53-73(106-94-47-21-19-37-86(94)87-38-20-22-48-95(87)106)64-97(92)108(99-63-72(104(4,5)6)62-98(107)100(99)105)101-88(80-42-23-39-77-74-34-16-13-31-67(74)49-54-83(77)80)45-26-46-89(101)81-43-24-40-78-75-35-17-14-32-68(75)50-55-84(78)81/h7-64H,1-6H3/i19D,20D,21D,22D,37D,38D,47D,48D. The van der Waals surface area contributed by atoms with Gasteiger partial charge in [0.25, 0.3) is 6.71 Å². The molecule has 0 spiro atoms. The molecule has 108 heavy (non-hydrogen) atoms. The lowest BCUT2D eigenvalue weighted by atomic mass is 9.33. The fourth-order valence-electron chi connectivity index (χ4n) is 17.9. The number of aromatic nitrogens is 1. The van der Waals surface area contributed by atoms with Crippen molar-refractivity contribution in [1.82, 2.24) is 4.57 Å². The minimum Gasteiger partial charge on any atom is -0.310 e. The summed E-state index contributed by atoms with van der Waals surface area (Å²) in [4.78, 5) is 5.13. The Morgan fingerprint density at radius 2 is 0.694 bits per heavy atom. The summed E-state index contributed by atoms with van der Waals surface area (Å²) < 4.78 is 78.2. The molecule has 19 aromatic rings. The second-order valence-corrected chi connectivity index (χ2v) is 31.2. The van der Waals surface area contributed by atoms with E-state index in [1.807, 2.05) is 6.07 Å². The van der Waals surface area contributed by atoms with Crippen LogP contribution in [0.5, 0.6) is 0 Å². The van der Waals surface area contributed by atoms with Crippen LogP contribution in [0.3, 0.4) is 0 Å². The van der Waals surface area contributed by atoms with E-state index in [0.717, 1.165) is 166 Å². The molecule has 0 atom stereocenters. The summed E-state index contributed by atoms with van der Waals surface area (Å²) in [6, 6.07) is 108. The Balaban J connectivity index is 0.972. The third kappa shape index (κ3) is 9.82. The molecule has 0 radical (unpaired) electrons. The second kappa shape index (κ2) is 24.3. The zero-order valence-electron chi connectivity index (χ0n) is 68.8. The zero-order chi connectivity index (χ0) is 79.2. The SMILES string of the molecule is [2H]c1c([2H])c([2H])c2c(c1[2H])c1c([2H])c([2H])c([2H])c([2H])c1n2-c1ccc2c(c1)N(c1c(-c3cccc4c3ccc3ccccc34)cccc1-c1cccc3c1ccc1ccccc13)c1cc(C(C)(C)C)cc3c1B2c1cc(-c2ccccc2)ccc1N3c1c(-c2ccccc2)cc(C(C)(C)C)cc1-c1cccc2c1ccc1ccccc12. The van der Waals surface area contributed by atoms with Gasteiger partial charge in [-0.05, 0) is 191 Å². The maximum Gasteiger partial charge on any atom is 0.252 e. The first-order valence-electron chi connectivity index (χ1n) is 41.4. The van der Waals surface area contributed by atoms with Crippen LogP contribution in [-0.2, 0) is 10.8 Å². The van der Waals surface area contributed by atoms with Gasteiger partial charge in [-0.25, -0.2) is 0 Å². The highest BCUT2D eigenvalue weighted by Gasteiger charge is 2.47. The minimum atomic E-state index is -0.526. The van der Waals surface area contributed by atoms with Gasteiger partial charge in [-0.2, -0.15) is 0 Å². The third-order valence-corrected chi connectivity index (χ3v) is 23.1. The molecule has 0 N–H and O–H groups in total. The van der Waals surface area contributed by atoms with E-state index in [9.17, 15) is 11.0 Å². The van der Waals surface area contributed by atoms with Gasteiger partial charge in [0, 0.05) is 61.5 Å². The highest BCUT2D eigenvalue weighted by molar-refractivity contribution is 7.00. The summed E-state index contributed by atoms with van der Waals surface area (Å²) in [7, 11) is 0. The van der Waals surface area contributed by atoms with Gasteiger partial charge in [-0.3, -0.25) is 0 Å². The number of fused-ring (bicyclic) bond motifs is 16. The first-order chi connectivity index (χ1) is 56.2. The lowest BCUT2D eigenvalue weighted by molar-refractivity contribution is 0.590. The Kier molecular flexibility index (Phi) is 12.5. The Labute approximate surface area is 641 Å². The van der Waals surface area contributed by atoms with Crippen molar-refractivity contribution in [1.29, 1.82) is 0 Å². The highest BCUT2D eigenvalue weighted by atomic mass is 15.2. The zero-order valence-corrected chi connectivity index (χ0v) is 60.8. The van der Waals surface area contributed by atoms with Gasteiger partial charge in [0.05, 0.1) is 33.4 Å². The van der Waals surface area contributed by atoms with E-state index < -0.39 is 48.4 Å². The van der Waals surface area contributed by atoms with Gasteiger partial charge in [-0.15, -0.1) is 0 Å². The van der Waals surface area contributed by atoms with Crippen molar-refractivity contribution < 1.29 is 11.0 Å². The van der Waals surface area contributed by atoms with E-state index in [2.05, 4.69) is 349 Å². The maximum atomic E-state index is 9.98. The summed E-state index contributed by atoms with van der Waals surface area (Å²) >= 11 is 0. The number of hydrogen-bond acceptors (Lipinski definition) is 2. The van der Waals surface area contributed by atoms with Crippen LogP contribution in [-0.4, -0.2) is 11.3 Å². The lowest BCUT2D eigenvalue weighted by Crippen LogP contribution is -2.61. The predicted octanol–water partition coefficient (Wildman–Crippen LogP) is 26.7. The van der Waals surface area contributed by atoms with Crippen molar-refractivity contribution in [3.63, 3.8) is 0 Å². The molecule has 0 aliphatic carbocycles. The summed E-state index contributed by atoms with van der Waals surface area (Å²) in [6.45, 7) is 13.3. The second-order valence-electron chi connectivity index (χ2n) is 31.2. The van der Waals surface area contributed by atoms with Crippen LogP contribution in [0.25, 0.3) is 148 Å². The normalized spacial score (nSPS) is 13.9.